The topological polar surface area (TPSA) is 59.1 Å². The summed E-state index contributed by atoms with van der Waals surface area (Å²) in [6, 6.07) is 15.6. The quantitative estimate of drug-likeness (QED) is 0.287. The summed E-state index contributed by atoms with van der Waals surface area (Å²) < 4.78 is 11.6. The Balaban J connectivity index is 1.58. The molecular formula is C33H42Cl2N2O4. The van der Waals surface area contributed by atoms with Crippen molar-refractivity contribution in [3.8, 4) is 0 Å². The molecule has 2 fully saturated rings. The van der Waals surface area contributed by atoms with E-state index in [4.69, 9.17) is 32.7 Å². The van der Waals surface area contributed by atoms with Crippen LogP contribution in [0.2, 0.25) is 10.0 Å². The van der Waals surface area contributed by atoms with E-state index in [1.165, 1.54) is 0 Å². The minimum absolute atomic E-state index is 0.0334. The number of carbonyl (C=O) groups is 2. The molecule has 2 aromatic carbocycles. The van der Waals surface area contributed by atoms with Crippen LogP contribution in [0.3, 0.4) is 0 Å². The highest BCUT2D eigenvalue weighted by molar-refractivity contribution is 6.30. The maximum absolute atomic E-state index is 14.2. The Bertz CT molecular complexity index is 1230. The minimum Gasteiger partial charge on any atom is -0.444 e. The highest BCUT2D eigenvalue weighted by Gasteiger charge is 2.49. The number of piperidine rings is 1. The monoisotopic (exact) mass is 600 g/mol. The van der Waals surface area contributed by atoms with Crippen LogP contribution in [0.5, 0.6) is 0 Å². The third-order valence-corrected chi connectivity index (χ3v) is 8.45. The second-order valence-corrected chi connectivity index (χ2v) is 13.3. The first-order valence-corrected chi connectivity index (χ1v) is 15.2. The second kappa shape index (κ2) is 13.2. The normalized spacial score (nSPS) is 25.2. The molecule has 0 radical (unpaired) electrons. The van der Waals surface area contributed by atoms with Crippen LogP contribution >= 0.6 is 23.2 Å². The summed E-state index contributed by atoms with van der Waals surface area (Å²) in [7, 11) is 0. The Morgan fingerprint density at radius 1 is 1.15 bits per heavy atom. The van der Waals surface area contributed by atoms with Gasteiger partial charge in [0.05, 0.1) is 30.7 Å². The fraction of sp³-hybridized carbons (Fsp3) is 0.515. The largest absolute Gasteiger partial charge is 0.444 e. The van der Waals surface area contributed by atoms with Gasteiger partial charge in [-0.3, -0.25) is 4.79 Å². The summed E-state index contributed by atoms with van der Waals surface area (Å²) in [5.41, 5.74) is 1.01. The lowest BCUT2D eigenvalue weighted by atomic mass is 9.67. The molecule has 0 saturated carbocycles. The van der Waals surface area contributed by atoms with Gasteiger partial charge in [-0.05, 0) is 81.8 Å². The van der Waals surface area contributed by atoms with Gasteiger partial charge in [0.15, 0.2) is 0 Å². The molecule has 4 rings (SSSR count). The molecule has 0 spiro atoms. The van der Waals surface area contributed by atoms with Gasteiger partial charge in [-0.15, -0.1) is 6.58 Å². The van der Waals surface area contributed by atoms with E-state index in [9.17, 15) is 9.59 Å². The van der Waals surface area contributed by atoms with Crippen LogP contribution in [0.4, 0.5) is 4.79 Å². The summed E-state index contributed by atoms with van der Waals surface area (Å²) in [4.78, 5) is 30.6. The van der Waals surface area contributed by atoms with Crippen LogP contribution in [0.1, 0.15) is 76.5 Å². The van der Waals surface area contributed by atoms with Gasteiger partial charge in [0, 0.05) is 29.1 Å². The molecule has 8 heteroatoms. The van der Waals surface area contributed by atoms with Gasteiger partial charge >= 0.3 is 6.09 Å². The van der Waals surface area contributed by atoms with Gasteiger partial charge in [0.25, 0.3) is 0 Å². The molecule has 2 heterocycles. The fourth-order valence-corrected chi connectivity index (χ4v) is 6.41. The molecule has 0 N–H and O–H groups in total. The van der Waals surface area contributed by atoms with Crippen molar-refractivity contribution < 1.29 is 19.1 Å². The molecule has 1 unspecified atom stereocenters. The number of rotatable bonds is 8. The predicted octanol–water partition coefficient (Wildman–Crippen LogP) is 8.05. The van der Waals surface area contributed by atoms with Gasteiger partial charge in [0.1, 0.15) is 5.60 Å². The lowest BCUT2D eigenvalue weighted by Crippen LogP contribution is -2.52. The minimum atomic E-state index is -0.591. The van der Waals surface area contributed by atoms with E-state index in [-0.39, 0.29) is 30.1 Å². The third-order valence-electron chi connectivity index (χ3n) is 7.96. The molecule has 4 atom stereocenters. The molecule has 2 amide bonds. The number of hydrogen-bond donors (Lipinski definition) is 0. The van der Waals surface area contributed by atoms with Crippen molar-refractivity contribution in [3.05, 3.63) is 82.4 Å². The Morgan fingerprint density at radius 3 is 2.54 bits per heavy atom. The van der Waals surface area contributed by atoms with Gasteiger partial charge < -0.3 is 19.3 Å². The first-order valence-electron chi connectivity index (χ1n) is 14.4. The van der Waals surface area contributed by atoms with Gasteiger partial charge in [0.2, 0.25) is 5.91 Å². The van der Waals surface area contributed by atoms with E-state index in [1.807, 2.05) is 81.1 Å². The second-order valence-electron chi connectivity index (χ2n) is 12.5. The number of morpholine rings is 1. The SMILES string of the molecule is C=CC[C@@]1(C)C[C@H](c2cccc(Cl)c2)[C@@H](c2ccc(Cl)cc2)N(CCCC2CN(C(=O)OC(C)(C)C)CCO2)C1=O. The smallest absolute Gasteiger partial charge is 0.410 e. The van der Waals surface area contributed by atoms with E-state index in [0.717, 1.165) is 24.0 Å². The Kier molecular flexibility index (Phi) is 10.1. The van der Waals surface area contributed by atoms with Crippen molar-refractivity contribution in [1.29, 1.82) is 0 Å². The summed E-state index contributed by atoms with van der Waals surface area (Å²) >= 11 is 12.7. The number of amides is 2. The highest BCUT2D eigenvalue weighted by atomic mass is 35.5. The molecule has 6 nitrogen and oxygen atoms in total. The van der Waals surface area contributed by atoms with E-state index < -0.39 is 11.0 Å². The lowest BCUT2D eigenvalue weighted by molar-refractivity contribution is -0.151. The van der Waals surface area contributed by atoms with E-state index in [2.05, 4.69) is 12.6 Å². The molecule has 2 aliphatic heterocycles. The maximum Gasteiger partial charge on any atom is 0.410 e. The van der Waals surface area contributed by atoms with Crippen molar-refractivity contribution in [2.75, 3.05) is 26.2 Å². The predicted molar refractivity (Wildman–Crippen MR) is 164 cm³/mol. The van der Waals surface area contributed by atoms with Crippen molar-refractivity contribution in [2.45, 2.75) is 77.0 Å². The number of ether oxygens (including phenoxy) is 2. The zero-order valence-corrected chi connectivity index (χ0v) is 26.1. The zero-order chi connectivity index (χ0) is 29.8. The molecule has 0 bridgehead atoms. The molecule has 2 saturated heterocycles. The maximum atomic E-state index is 14.2. The van der Waals surface area contributed by atoms with Crippen LogP contribution in [0, 0.1) is 5.41 Å². The number of benzene rings is 2. The van der Waals surface area contributed by atoms with Gasteiger partial charge in [-0.2, -0.15) is 0 Å². The summed E-state index contributed by atoms with van der Waals surface area (Å²) in [5, 5.41) is 1.33. The Labute approximate surface area is 254 Å². The molecule has 2 aliphatic rings. The molecular weight excluding hydrogens is 559 g/mol. The number of hydrogen-bond acceptors (Lipinski definition) is 4. The molecule has 0 aliphatic carbocycles. The number of allylic oxidation sites excluding steroid dienone is 1. The Morgan fingerprint density at radius 2 is 1.88 bits per heavy atom. The number of halogens is 2. The zero-order valence-electron chi connectivity index (χ0n) is 24.6. The fourth-order valence-electron chi connectivity index (χ4n) is 6.09. The van der Waals surface area contributed by atoms with Crippen LogP contribution in [0.15, 0.2) is 61.2 Å². The molecule has 0 aromatic heterocycles. The first-order chi connectivity index (χ1) is 19.4. The van der Waals surface area contributed by atoms with E-state index in [0.29, 0.717) is 49.1 Å². The van der Waals surface area contributed by atoms with Crippen molar-refractivity contribution in [2.24, 2.45) is 5.41 Å². The molecule has 2 aromatic rings. The van der Waals surface area contributed by atoms with Gasteiger partial charge in [-0.1, -0.05) is 60.5 Å². The summed E-state index contributed by atoms with van der Waals surface area (Å²) in [6.07, 6.45) is 4.13. The van der Waals surface area contributed by atoms with Crippen LogP contribution in [-0.2, 0) is 14.3 Å². The Hall–Kier alpha value is -2.54. The van der Waals surface area contributed by atoms with Crippen molar-refractivity contribution in [1.82, 2.24) is 9.80 Å². The van der Waals surface area contributed by atoms with Crippen molar-refractivity contribution >= 4 is 35.2 Å². The van der Waals surface area contributed by atoms with Gasteiger partial charge in [-0.25, -0.2) is 4.79 Å². The number of nitrogens with zero attached hydrogens (tertiary/aromatic N) is 2. The standard InChI is InChI=1S/C33H42Cl2N2O4/c1-6-16-33(5)21-28(24-9-7-10-26(35)20-24)29(23-12-14-25(34)15-13-23)37(30(33)38)17-8-11-27-22-36(18-19-40-27)31(39)41-32(2,3)4/h6-7,9-10,12-15,20,27-29H,1,8,11,16-19,21-22H2,2-5H3/t27?,28-,29-,33+/m1/s1. The number of likely N-dealkylation sites (tertiary alicyclic amines) is 1. The highest BCUT2D eigenvalue weighted by Crippen LogP contribution is 2.51. The summed E-state index contributed by atoms with van der Waals surface area (Å²) in [6.45, 7) is 13.6. The van der Waals surface area contributed by atoms with E-state index >= 15 is 0 Å². The molecule has 41 heavy (non-hydrogen) atoms. The average molecular weight is 602 g/mol. The number of carbonyl (C=O) groups excluding carboxylic acids is 2. The van der Waals surface area contributed by atoms with Crippen LogP contribution in [-0.4, -0.2) is 59.7 Å². The lowest BCUT2D eigenvalue weighted by Gasteiger charge is -2.49. The third kappa shape index (κ3) is 7.85. The first kappa shape index (κ1) is 31.4. The van der Waals surface area contributed by atoms with Crippen LogP contribution < -0.4 is 0 Å². The van der Waals surface area contributed by atoms with E-state index in [1.54, 1.807) is 4.90 Å². The molecule has 222 valence electrons. The summed E-state index contributed by atoms with van der Waals surface area (Å²) in [5.74, 6) is 0.154. The average Bonchev–Trinajstić information content (AvgIpc) is 2.91. The van der Waals surface area contributed by atoms with Crippen molar-refractivity contribution in [3.63, 3.8) is 0 Å². The van der Waals surface area contributed by atoms with Crippen LogP contribution in [0.25, 0.3) is 0 Å².